The van der Waals surface area contributed by atoms with Gasteiger partial charge in [-0.05, 0) is 77.7 Å². The zero-order valence-electron chi connectivity index (χ0n) is 17.2. The van der Waals surface area contributed by atoms with Gasteiger partial charge in [-0.2, -0.15) is 0 Å². The van der Waals surface area contributed by atoms with Gasteiger partial charge in [0.05, 0.1) is 11.1 Å². The molecule has 6 rings (SSSR count). The third-order valence-electron chi connectivity index (χ3n) is 6.00. The highest BCUT2D eigenvalue weighted by Crippen LogP contribution is 2.38. The van der Waals surface area contributed by atoms with Crippen molar-refractivity contribution in [3.63, 3.8) is 0 Å². The van der Waals surface area contributed by atoms with E-state index in [1.165, 1.54) is 32.8 Å². The Kier molecular flexibility index (Phi) is 3.51. The first kappa shape index (κ1) is 17.2. The Bertz CT molecular complexity index is 1630. The summed E-state index contributed by atoms with van der Waals surface area (Å²) in [5, 5.41) is 6.93. The SMILES string of the molecule is Cc1cc(C)c2c(C)cc(-c3ncnc4oc5cc6ccccc6cc5c34)cc2c1. The van der Waals surface area contributed by atoms with Crippen molar-refractivity contribution in [2.45, 2.75) is 20.8 Å². The molecule has 0 aliphatic carbocycles. The Morgan fingerprint density at radius 3 is 2.30 bits per heavy atom. The molecule has 0 unspecified atom stereocenters. The maximum Gasteiger partial charge on any atom is 0.230 e. The summed E-state index contributed by atoms with van der Waals surface area (Å²) in [6, 6.07) is 21.6. The number of fused-ring (bicyclic) bond motifs is 5. The lowest BCUT2D eigenvalue weighted by molar-refractivity contribution is 0.653. The smallest absolute Gasteiger partial charge is 0.230 e. The van der Waals surface area contributed by atoms with Crippen molar-refractivity contribution in [2.75, 3.05) is 0 Å². The van der Waals surface area contributed by atoms with Gasteiger partial charge in [0.1, 0.15) is 11.9 Å². The molecule has 0 atom stereocenters. The van der Waals surface area contributed by atoms with Crippen LogP contribution >= 0.6 is 0 Å². The second-order valence-electron chi connectivity index (χ2n) is 8.17. The molecule has 4 aromatic carbocycles. The highest BCUT2D eigenvalue weighted by atomic mass is 16.3. The molecule has 3 heteroatoms. The Hall–Kier alpha value is -3.72. The summed E-state index contributed by atoms with van der Waals surface area (Å²) < 4.78 is 6.13. The number of furan rings is 1. The average Bonchev–Trinajstić information content (AvgIpc) is 3.08. The van der Waals surface area contributed by atoms with E-state index in [1.807, 2.05) is 6.07 Å². The van der Waals surface area contributed by atoms with Crippen LogP contribution in [0.25, 0.3) is 54.9 Å². The van der Waals surface area contributed by atoms with Crippen LogP contribution in [0.3, 0.4) is 0 Å². The van der Waals surface area contributed by atoms with Gasteiger partial charge >= 0.3 is 0 Å². The largest absolute Gasteiger partial charge is 0.438 e. The fourth-order valence-electron chi connectivity index (χ4n) is 4.82. The summed E-state index contributed by atoms with van der Waals surface area (Å²) in [5.41, 5.74) is 7.31. The number of aryl methyl sites for hydroxylation is 3. The molecule has 0 N–H and O–H groups in total. The van der Waals surface area contributed by atoms with Crippen molar-refractivity contribution in [1.29, 1.82) is 0 Å². The van der Waals surface area contributed by atoms with Gasteiger partial charge in [-0.15, -0.1) is 0 Å². The molecule has 0 saturated heterocycles. The molecule has 0 saturated carbocycles. The van der Waals surface area contributed by atoms with Crippen molar-refractivity contribution in [1.82, 2.24) is 9.97 Å². The predicted octanol–water partition coefficient (Wildman–Crippen LogP) is 7.27. The third kappa shape index (κ3) is 2.45. The maximum atomic E-state index is 6.13. The molecule has 2 heterocycles. The number of aromatic nitrogens is 2. The van der Waals surface area contributed by atoms with Gasteiger partial charge in [0.2, 0.25) is 5.71 Å². The van der Waals surface area contributed by atoms with Crippen LogP contribution in [0.1, 0.15) is 16.7 Å². The van der Waals surface area contributed by atoms with Crippen LogP contribution in [-0.2, 0) is 0 Å². The maximum absolute atomic E-state index is 6.13. The quantitative estimate of drug-likeness (QED) is 0.297. The van der Waals surface area contributed by atoms with Gasteiger partial charge < -0.3 is 4.42 Å². The number of rotatable bonds is 1. The minimum Gasteiger partial charge on any atom is -0.438 e. The van der Waals surface area contributed by atoms with Crippen LogP contribution < -0.4 is 0 Å². The summed E-state index contributed by atoms with van der Waals surface area (Å²) in [6.45, 7) is 6.50. The Balaban J connectivity index is 1.71. The first-order valence-electron chi connectivity index (χ1n) is 10.2. The lowest BCUT2D eigenvalue weighted by atomic mass is 9.94. The molecule has 0 fully saturated rings. The third-order valence-corrected chi connectivity index (χ3v) is 6.00. The second kappa shape index (κ2) is 6.14. The molecule has 0 bridgehead atoms. The molecular formula is C27H20N2O. The van der Waals surface area contributed by atoms with Crippen molar-refractivity contribution in [2.24, 2.45) is 0 Å². The van der Waals surface area contributed by atoms with E-state index in [9.17, 15) is 0 Å². The molecule has 144 valence electrons. The summed E-state index contributed by atoms with van der Waals surface area (Å²) in [4.78, 5) is 9.13. The highest BCUT2D eigenvalue weighted by molar-refractivity contribution is 6.14. The lowest BCUT2D eigenvalue weighted by Crippen LogP contribution is -1.91. The van der Waals surface area contributed by atoms with Gasteiger partial charge in [0.15, 0.2) is 0 Å². The fraction of sp³-hybridized carbons (Fsp3) is 0.111. The van der Waals surface area contributed by atoms with Crippen LogP contribution in [-0.4, -0.2) is 9.97 Å². The standard InChI is InChI=1S/C27H20N2O/c1-15-8-16(2)24-17(3)10-21(11-20(24)9-15)26-25-22-12-18-6-4-5-7-19(18)13-23(22)30-27(25)29-14-28-26/h4-14H,1-3H3. The minimum atomic E-state index is 0.628. The van der Waals surface area contributed by atoms with Gasteiger partial charge in [0, 0.05) is 10.9 Å². The van der Waals surface area contributed by atoms with Crippen LogP contribution in [0, 0.1) is 20.8 Å². The molecule has 0 aliphatic heterocycles. The second-order valence-corrected chi connectivity index (χ2v) is 8.17. The number of hydrogen-bond donors (Lipinski definition) is 0. The fourth-order valence-corrected chi connectivity index (χ4v) is 4.82. The average molecular weight is 388 g/mol. The molecule has 30 heavy (non-hydrogen) atoms. The van der Waals surface area contributed by atoms with Crippen LogP contribution in [0.15, 0.2) is 71.4 Å². The molecule has 0 aliphatic rings. The van der Waals surface area contributed by atoms with Gasteiger partial charge in [-0.1, -0.05) is 42.0 Å². The van der Waals surface area contributed by atoms with Crippen molar-refractivity contribution in [3.05, 3.63) is 83.7 Å². The lowest BCUT2D eigenvalue weighted by Gasteiger charge is -2.11. The first-order valence-corrected chi connectivity index (χ1v) is 10.2. The molecule has 0 spiro atoms. The van der Waals surface area contributed by atoms with Crippen molar-refractivity contribution < 1.29 is 4.42 Å². The number of benzene rings is 4. The highest BCUT2D eigenvalue weighted by Gasteiger charge is 2.17. The monoisotopic (exact) mass is 388 g/mol. The van der Waals surface area contributed by atoms with Gasteiger partial charge in [0.25, 0.3) is 0 Å². The summed E-state index contributed by atoms with van der Waals surface area (Å²) in [5.74, 6) is 0. The molecular weight excluding hydrogens is 368 g/mol. The Morgan fingerprint density at radius 1 is 0.700 bits per heavy atom. The molecule has 3 nitrogen and oxygen atoms in total. The van der Waals surface area contributed by atoms with Crippen molar-refractivity contribution >= 4 is 43.6 Å². The number of nitrogens with zero attached hydrogens (tertiary/aromatic N) is 2. The Morgan fingerprint density at radius 2 is 1.47 bits per heavy atom. The van der Waals surface area contributed by atoms with Crippen LogP contribution in [0.4, 0.5) is 0 Å². The van der Waals surface area contributed by atoms with Crippen LogP contribution in [0.2, 0.25) is 0 Å². The molecule has 0 radical (unpaired) electrons. The van der Waals surface area contributed by atoms with E-state index < -0.39 is 0 Å². The zero-order valence-corrected chi connectivity index (χ0v) is 17.2. The minimum absolute atomic E-state index is 0.628. The molecule has 6 aromatic rings. The van der Waals surface area contributed by atoms with E-state index in [-0.39, 0.29) is 0 Å². The van der Waals surface area contributed by atoms with E-state index in [0.717, 1.165) is 33.0 Å². The summed E-state index contributed by atoms with van der Waals surface area (Å²) in [7, 11) is 0. The Labute approximate surface area is 174 Å². The topological polar surface area (TPSA) is 38.9 Å². The zero-order chi connectivity index (χ0) is 20.4. The van der Waals surface area contributed by atoms with E-state index in [2.05, 4.69) is 80.4 Å². The van der Waals surface area contributed by atoms with E-state index in [0.29, 0.717) is 5.71 Å². The number of hydrogen-bond acceptors (Lipinski definition) is 3. The summed E-state index contributed by atoms with van der Waals surface area (Å²) >= 11 is 0. The van der Waals surface area contributed by atoms with Crippen LogP contribution in [0.5, 0.6) is 0 Å². The van der Waals surface area contributed by atoms with E-state index in [4.69, 9.17) is 9.40 Å². The molecule has 0 amide bonds. The summed E-state index contributed by atoms with van der Waals surface area (Å²) in [6.07, 6.45) is 1.60. The van der Waals surface area contributed by atoms with Crippen molar-refractivity contribution in [3.8, 4) is 11.3 Å². The van der Waals surface area contributed by atoms with E-state index >= 15 is 0 Å². The molecule has 2 aromatic heterocycles. The van der Waals surface area contributed by atoms with Gasteiger partial charge in [-0.25, -0.2) is 9.97 Å². The first-order chi connectivity index (χ1) is 14.6. The van der Waals surface area contributed by atoms with Gasteiger partial charge in [-0.3, -0.25) is 0 Å². The van der Waals surface area contributed by atoms with E-state index in [1.54, 1.807) is 6.33 Å². The normalized spacial score (nSPS) is 11.8. The predicted molar refractivity (Wildman–Crippen MR) is 124 cm³/mol.